The smallest absolute Gasteiger partial charge is 0.255 e. The molecule has 216 valence electrons. The molecule has 1 atom stereocenters. The van der Waals surface area contributed by atoms with Crippen LogP contribution in [0.4, 0.5) is 5.69 Å². The summed E-state index contributed by atoms with van der Waals surface area (Å²) >= 11 is 0. The zero-order valence-electron chi connectivity index (χ0n) is 23.4. The number of carbonyl (C=O) groups excluding carboxylic acids is 2. The molecule has 1 aliphatic heterocycles. The highest BCUT2D eigenvalue weighted by Gasteiger charge is 2.28. The van der Waals surface area contributed by atoms with Gasteiger partial charge in [-0.15, -0.1) is 0 Å². The summed E-state index contributed by atoms with van der Waals surface area (Å²) in [5.74, 6) is -0.577. The van der Waals surface area contributed by atoms with Gasteiger partial charge in [0.05, 0.1) is 22.2 Å². The molecule has 2 N–H and O–H groups in total. The van der Waals surface area contributed by atoms with E-state index in [1.54, 1.807) is 66.7 Å². The van der Waals surface area contributed by atoms with Gasteiger partial charge in [0.2, 0.25) is 10.0 Å². The van der Waals surface area contributed by atoms with Gasteiger partial charge in [0, 0.05) is 38.3 Å². The molecule has 1 heterocycles. The zero-order valence-corrected chi connectivity index (χ0v) is 24.3. The molecule has 1 aliphatic rings. The van der Waals surface area contributed by atoms with E-state index in [0.29, 0.717) is 54.4 Å². The Morgan fingerprint density at radius 2 is 1.33 bits per heavy atom. The SMILES string of the molecule is CC(NC(=O)c1ccccc1NC(=O)c1ccc(CN2CCN(S(=O)(=O)c3ccccc3)CC2)cc1)c1ccccc1. The molecule has 0 bridgehead atoms. The van der Waals surface area contributed by atoms with Crippen molar-refractivity contribution in [3.8, 4) is 0 Å². The predicted molar refractivity (Wildman–Crippen MR) is 164 cm³/mol. The number of carbonyl (C=O) groups is 2. The van der Waals surface area contributed by atoms with E-state index in [0.717, 1.165) is 11.1 Å². The Hall–Kier alpha value is -4.31. The third-order valence-corrected chi connectivity index (χ3v) is 9.31. The number of hydrogen-bond acceptors (Lipinski definition) is 5. The van der Waals surface area contributed by atoms with Crippen LogP contribution in [0.5, 0.6) is 0 Å². The molecule has 0 saturated carbocycles. The first kappa shape index (κ1) is 29.2. The number of para-hydroxylation sites is 1. The Balaban J connectivity index is 1.16. The maximum absolute atomic E-state index is 13.1. The lowest BCUT2D eigenvalue weighted by Gasteiger charge is -2.34. The Morgan fingerprint density at radius 1 is 0.738 bits per heavy atom. The number of piperazine rings is 1. The predicted octanol–water partition coefficient (Wildman–Crippen LogP) is 4.94. The maximum Gasteiger partial charge on any atom is 0.255 e. The summed E-state index contributed by atoms with van der Waals surface area (Å²) in [6.45, 7) is 4.67. The number of nitrogens with one attached hydrogen (secondary N) is 2. The monoisotopic (exact) mass is 582 g/mol. The second-order valence-electron chi connectivity index (χ2n) is 10.3. The molecule has 0 aliphatic carbocycles. The van der Waals surface area contributed by atoms with E-state index < -0.39 is 10.0 Å². The average molecular weight is 583 g/mol. The summed E-state index contributed by atoms with van der Waals surface area (Å²) in [4.78, 5) is 28.6. The first-order valence-electron chi connectivity index (χ1n) is 13.9. The summed E-state index contributed by atoms with van der Waals surface area (Å²) in [6, 6.07) is 32.3. The quantitative estimate of drug-likeness (QED) is 0.292. The normalized spacial score (nSPS) is 15.1. The highest BCUT2D eigenvalue weighted by Crippen LogP contribution is 2.21. The first-order chi connectivity index (χ1) is 20.3. The van der Waals surface area contributed by atoms with Gasteiger partial charge >= 0.3 is 0 Å². The molecule has 0 aromatic heterocycles. The van der Waals surface area contributed by atoms with E-state index in [9.17, 15) is 18.0 Å². The number of nitrogens with zero attached hydrogens (tertiary/aromatic N) is 2. The summed E-state index contributed by atoms with van der Waals surface area (Å²) in [5, 5.41) is 5.88. The van der Waals surface area contributed by atoms with Crippen molar-refractivity contribution in [2.75, 3.05) is 31.5 Å². The standard InChI is InChI=1S/C33H34N4O4S/c1-25(27-10-4-2-5-11-27)34-33(39)30-14-8-9-15-31(30)35-32(38)28-18-16-26(17-19-28)24-36-20-22-37(23-21-36)42(40,41)29-12-6-3-7-13-29/h2-19,25H,20-24H2,1H3,(H,34,39)(H,35,38). The van der Waals surface area contributed by atoms with Crippen LogP contribution in [0, 0.1) is 0 Å². The van der Waals surface area contributed by atoms with Gasteiger partial charge in [0.25, 0.3) is 11.8 Å². The molecule has 0 radical (unpaired) electrons. The van der Waals surface area contributed by atoms with Gasteiger partial charge < -0.3 is 10.6 Å². The minimum absolute atomic E-state index is 0.189. The molecule has 1 saturated heterocycles. The van der Waals surface area contributed by atoms with E-state index in [1.807, 2.05) is 49.4 Å². The third kappa shape index (κ3) is 6.94. The van der Waals surface area contributed by atoms with Crippen LogP contribution in [-0.2, 0) is 16.6 Å². The van der Waals surface area contributed by atoms with Crippen molar-refractivity contribution in [2.24, 2.45) is 0 Å². The fourth-order valence-electron chi connectivity index (χ4n) is 4.97. The molecule has 0 spiro atoms. The van der Waals surface area contributed by atoms with Gasteiger partial charge in [-0.1, -0.05) is 72.8 Å². The van der Waals surface area contributed by atoms with Crippen molar-refractivity contribution < 1.29 is 18.0 Å². The summed E-state index contributed by atoms with van der Waals surface area (Å²) in [5.41, 5.74) is 3.32. The van der Waals surface area contributed by atoms with Crippen molar-refractivity contribution in [3.63, 3.8) is 0 Å². The molecule has 42 heavy (non-hydrogen) atoms. The van der Waals surface area contributed by atoms with E-state index >= 15 is 0 Å². The molecule has 4 aromatic rings. The van der Waals surface area contributed by atoms with Crippen molar-refractivity contribution in [1.29, 1.82) is 0 Å². The Bertz CT molecular complexity index is 1620. The number of anilines is 1. The van der Waals surface area contributed by atoms with E-state index in [1.165, 1.54) is 4.31 Å². The molecule has 1 unspecified atom stereocenters. The average Bonchev–Trinajstić information content (AvgIpc) is 3.02. The van der Waals surface area contributed by atoms with E-state index in [2.05, 4.69) is 15.5 Å². The second-order valence-corrected chi connectivity index (χ2v) is 12.2. The van der Waals surface area contributed by atoms with E-state index in [4.69, 9.17) is 0 Å². The molecule has 5 rings (SSSR count). The van der Waals surface area contributed by atoms with Crippen LogP contribution in [0.1, 0.15) is 44.8 Å². The molecule has 4 aromatic carbocycles. The van der Waals surface area contributed by atoms with Gasteiger partial charge in [-0.05, 0) is 54.4 Å². The number of sulfonamides is 1. The fraction of sp³-hybridized carbons (Fsp3) is 0.212. The van der Waals surface area contributed by atoms with E-state index in [-0.39, 0.29) is 17.9 Å². The van der Waals surface area contributed by atoms with Crippen molar-refractivity contribution in [2.45, 2.75) is 24.4 Å². The van der Waals surface area contributed by atoms with Crippen LogP contribution in [0.3, 0.4) is 0 Å². The largest absolute Gasteiger partial charge is 0.345 e. The second kappa shape index (κ2) is 13.1. The van der Waals surface area contributed by atoms with Gasteiger partial charge in [0.15, 0.2) is 0 Å². The zero-order chi connectivity index (χ0) is 29.5. The van der Waals surface area contributed by atoms with Crippen LogP contribution in [-0.4, -0.2) is 55.6 Å². The van der Waals surface area contributed by atoms with Crippen LogP contribution in [0.15, 0.2) is 114 Å². The summed E-state index contributed by atoms with van der Waals surface area (Å²) in [7, 11) is -3.49. The number of rotatable bonds is 9. The molecule has 8 nitrogen and oxygen atoms in total. The lowest BCUT2D eigenvalue weighted by molar-refractivity contribution is 0.0940. The summed E-state index contributed by atoms with van der Waals surface area (Å²) < 4.78 is 27.3. The fourth-order valence-corrected chi connectivity index (χ4v) is 6.42. The van der Waals surface area contributed by atoms with Crippen molar-refractivity contribution in [1.82, 2.24) is 14.5 Å². The molecular formula is C33H34N4O4S. The Morgan fingerprint density at radius 3 is 2.00 bits per heavy atom. The van der Waals surface area contributed by atoms with Gasteiger partial charge in [0.1, 0.15) is 0 Å². The van der Waals surface area contributed by atoms with Crippen molar-refractivity contribution in [3.05, 3.63) is 131 Å². The highest BCUT2D eigenvalue weighted by molar-refractivity contribution is 7.89. The molecule has 9 heteroatoms. The minimum Gasteiger partial charge on any atom is -0.345 e. The third-order valence-electron chi connectivity index (χ3n) is 7.40. The lowest BCUT2D eigenvalue weighted by atomic mass is 10.1. The van der Waals surface area contributed by atoms with Crippen molar-refractivity contribution >= 4 is 27.5 Å². The maximum atomic E-state index is 13.1. The number of hydrogen-bond donors (Lipinski definition) is 2. The lowest BCUT2D eigenvalue weighted by Crippen LogP contribution is -2.48. The molecule has 1 fully saturated rings. The van der Waals surface area contributed by atoms with Gasteiger partial charge in [-0.3, -0.25) is 14.5 Å². The Labute approximate surface area is 247 Å². The summed E-state index contributed by atoms with van der Waals surface area (Å²) in [6.07, 6.45) is 0. The van der Waals surface area contributed by atoms with Crippen LogP contribution in [0.25, 0.3) is 0 Å². The van der Waals surface area contributed by atoms with Gasteiger partial charge in [-0.25, -0.2) is 8.42 Å². The number of benzene rings is 4. The first-order valence-corrected chi connectivity index (χ1v) is 15.4. The van der Waals surface area contributed by atoms with Crippen LogP contribution >= 0.6 is 0 Å². The highest BCUT2D eigenvalue weighted by atomic mass is 32.2. The van der Waals surface area contributed by atoms with Crippen LogP contribution < -0.4 is 10.6 Å². The Kier molecular flexibility index (Phi) is 9.12. The molecular weight excluding hydrogens is 548 g/mol. The topological polar surface area (TPSA) is 98.8 Å². The number of amides is 2. The minimum atomic E-state index is -3.49. The van der Waals surface area contributed by atoms with Gasteiger partial charge in [-0.2, -0.15) is 4.31 Å². The molecule has 2 amide bonds. The van der Waals surface area contributed by atoms with Crippen LogP contribution in [0.2, 0.25) is 0 Å².